The molecule has 0 bridgehead atoms. The number of para-hydroxylation sites is 1. The van der Waals surface area contributed by atoms with Crippen molar-refractivity contribution >= 4 is 28.5 Å². The number of nitrogens with zero attached hydrogens (tertiary/aromatic N) is 1. The third-order valence-corrected chi connectivity index (χ3v) is 4.44. The predicted octanol–water partition coefficient (Wildman–Crippen LogP) is 2.38. The Morgan fingerprint density at radius 2 is 2.05 bits per heavy atom. The molecule has 0 spiro atoms. The zero-order chi connectivity index (χ0) is 14.0. The minimum Gasteiger partial charge on any atom is -0.392 e. The topological polar surface area (TPSA) is 83.0 Å². The number of aliphatic hydroxyl groups excluding tert-OH is 1. The molecule has 0 aliphatic heterocycles. The average molecular weight is 275 g/mol. The van der Waals surface area contributed by atoms with Gasteiger partial charge in [0, 0.05) is 27.3 Å². The number of thioether (sulfide) groups is 1. The van der Waals surface area contributed by atoms with Crippen molar-refractivity contribution in [1.82, 2.24) is 4.98 Å². The molecular formula is C14H17N3OS. The van der Waals surface area contributed by atoms with Crippen LogP contribution in [0.5, 0.6) is 0 Å². The van der Waals surface area contributed by atoms with Gasteiger partial charge >= 0.3 is 0 Å². The van der Waals surface area contributed by atoms with Gasteiger partial charge in [-0.3, -0.25) is 10.4 Å². The van der Waals surface area contributed by atoms with Gasteiger partial charge in [0.1, 0.15) is 5.84 Å². The Hall–Kier alpha value is -1.59. The molecule has 4 nitrogen and oxygen atoms in total. The molecule has 2 rings (SSSR count). The largest absolute Gasteiger partial charge is 0.392 e. The Balaban J connectivity index is 2.59. The van der Waals surface area contributed by atoms with Crippen LogP contribution in [-0.2, 0) is 0 Å². The monoisotopic (exact) mass is 275 g/mol. The first kappa shape index (κ1) is 13.8. The lowest BCUT2D eigenvalue weighted by Crippen LogP contribution is -2.18. The third kappa shape index (κ3) is 2.88. The number of hydrogen-bond acceptors (Lipinski definition) is 4. The molecule has 100 valence electrons. The van der Waals surface area contributed by atoms with Crippen molar-refractivity contribution in [1.29, 1.82) is 5.41 Å². The number of nitrogens with two attached hydrogens (primary N) is 1. The highest BCUT2D eigenvalue weighted by atomic mass is 32.2. The SMILES string of the molecule is CC(O)C(C)Sc1c(C(=N)N)cnc2ccccc12. The fourth-order valence-corrected chi connectivity index (χ4v) is 2.88. The first-order valence-electron chi connectivity index (χ1n) is 6.07. The number of nitrogens with one attached hydrogen (secondary N) is 1. The van der Waals surface area contributed by atoms with Gasteiger partial charge in [0.05, 0.1) is 11.6 Å². The summed E-state index contributed by atoms with van der Waals surface area (Å²) >= 11 is 1.53. The maximum absolute atomic E-state index is 9.66. The van der Waals surface area contributed by atoms with E-state index in [1.165, 1.54) is 11.8 Å². The minimum atomic E-state index is -0.434. The first-order chi connectivity index (χ1) is 9.00. The molecule has 19 heavy (non-hydrogen) atoms. The predicted molar refractivity (Wildman–Crippen MR) is 79.8 cm³/mol. The zero-order valence-electron chi connectivity index (χ0n) is 10.9. The first-order valence-corrected chi connectivity index (χ1v) is 6.95. The number of hydrogen-bond donors (Lipinski definition) is 3. The van der Waals surface area contributed by atoms with E-state index in [-0.39, 0.29) is 11.1 Å². The van der Waals surface area contributed by atoms with Crippen LogP contribution in [-0.4, -0.2) is 27.3 Å². The standard InChI is InChI=1S/C14H17N3OS/c1-8(18)9(2)19-13-10-5-3-4-6-12(10)17-7-11(13)14(15)16/h3-9,18H,1-2H3,(H3,15,16). The number of pyridine rings is 1. The lowest BCUT2D eigenvalue weighted by Gasteiger charge is -2.17. The second-order valence-corrected chi connectivity index (χ2v) is 5.88. The van der Waals surface area contributed by atoms with Gasteiger partial charge in [-0.15, -0.1) is 11.8 Å². The lowest BCUT2D eigenvalue weighted by molar-refractivity contribution is 0.196. The summed E-state index contributed by atoms with van der Waals surface area (Å²) in [7, 11) is 0. The van der Waals surface area contributed by atoms with Crippen LogP contribution in [0.15, 0.2) is 35.4 Å². The second-order valence-electron chi connectivity index (χ2n) is 4.50. The van der Waals surface area contributed by atoms with Crippen LogP contribution in [0, 0.1) is 5.41 Å². The summed E-state index contributed by atoms with van der Waals surface area (Å²) in [6.07, 6.45) is 1.19. The zero-order valence-corrected chi connectivity index (χ0v) is 11.7. The summed E-state index contributed by atoms with van der Waals surface area (Å²) < 4.78 is 0. The quantitative estimate of drug-likeness (QED) is 0.454. The van der Waals surface area contributed by atoms with Crippen LogP contribution in [0.1, 0.15) is 19.4 Å². The Labute approximate surface area is 116 Å². The fourth-order valence-electron chi connectivity index (χ4n) is 1.72. The van der Waals surface area contributed by atoms with E-state index in [9.17, 15) is 5.11 Å². The number of aromatic nitrogens is 1. The fraction of sp³-hybridized carbons (Fsp3) is 0.286. The summed E-state index contributed by atoms with van der Waals surface area (Å²) in [6, 6.07) is 7.75. The molecule has 0 fully saturated rings. The van der Waals surface area contributed by atoms with Gasteiger partial charge < -0.3 is 10.8 Å². The Kier molecular flexibility index (Phi) is 4.07. The van der Waals surface area contributed by atoms with Crippen molar-refractivity contribution in [3.63, 3.8) is 0 Å². The molecule has 1 aromatic heterocycles. The Morgan fingerprint density at radius 1 is 1.37 bits per heavy atom. The van der Waals surface area contributed by atoms with E-state index < -0.39 is 6.10 Å². The number of rotatable bonds is 4. The lowest BCUT2D eigenvalue weighted by atomic mass is 10.1. The highest BCUT2D eigenvalue weighted by Gasteiger charge is 2.17. The number of aliphatic hydroxyl groups is 1. The summed E-state index contributed by atoms with van der Waals surface area (Å²) in [6.45, 7) is 3.71. The summed E-state index contributed by atoms with van der Waals surface area (Å²) in [5.74, 6) is -0.00135. The van der Waals surface area contributed by atoms with Gasteiger partial charge in [-0.2, -0.15) is 0 Å². The van der Waals surface area contributed by atoms with Crippen LogP contribution in [0.4, 0.5) is 0 Å². The van der Waals surface area contributed by atoms with E-state index in [2.05, 4.69) is 4.98 Å². The van der Waals surface area contributed by atoms with Crippen LogP contribution in [0.3, 0.4) is 0 Å². The van der Waals surface area contributed by atoms with Crippen molar-refractivity contribution in [2.24, 2.45) is 5.73 Å². The van der Waals surface area contributed by atoms with E-state index in [0.717, 1.165) is 15.8 Å². The van der Waals surface area contributed by atoms with Crippen molar-refractivity contribution in [2.75, 3.05) is 0 Å². The van der Waals surface area contributed by atoms with Crippen LogP contribution in [0.25, 0.3) is 10.9 Å². The number of amidine groups is 1. The van der Waals surface area contributed by atoms with Crippen molar-refractivity contribution in [3.05, 3.63) is 36.0 Å². The molecule has 2 aromatic rings. The van der Waals surface area contributed by atoms with Gasteiger partial charge in [0.2, 0.25) is 0 Å². The van der Waals surface area contributed by atoms with Gasteiger partial charge in [0.25, 0.3) is 0 Å². The molecule has 1 heterocycles. The Bertz CT molecular complexity index is 613. The van der Waals surface area contributed by atoms with E-state index in [1.807, 2.05) is 31.2 Å². The van der Waals surface area contributed by atoms with Gasteiger partial charge in [-0.05, 0) is 13.0 Å². The normalized spacial score (nSPS) is 14.3. The summed E-state index contributed by atoms with van der Waals surface area (Å²) in [5, 5.41) is 18.3. The molecule has 2 unspecified atom stereocenters. The molecule has 0 aliphatic carbocycles. The highest BCUT2D eigenvalue weighted by molar-refractivity contribution is 8.00. The molecule has 0 saturated heterocycles. The summed E-state index contributed by atoms with van der Waals surface area (Å²) in [4.78, 5) is 5.23. The molecule has 4 N–H and O–H groups in total. The molecule has 0 radical (unpaired) electrons. The summed E-state index contributed by atoms with van der Waals surface area (Å²) in [5.41, 5.74) is 7.11. The van der Waals surface area contributed by atoms with E-state index >= 15 is 0 Å². The second kappa shape index (κ2) is 5.59. The van der Waals surface area contributed by atoms with Gasteiger partial charge in [0.15, 0.2) is 0 Å². The van der Waals surface area contributed by atoms with E-state index in [1.54, 1.807) is 13.1 Å². The third-order valence-electron chi connectivity index (χ3n) is 3.00. The average Bonchev–Trinajstić information content (AvgIpc) is 2.38. The van der Waals surface area contributed by atoms with Crippen LogP contribution < -0.4 is 5.73 Å². The number of benzene rings is 1. The molecule has 5 heteroatoms. The minimum absolute atomic E-state index is 0.00135. The maximum atomic E-state index is 9.66. The van der Waals surface area contributed by atoms with Crippen LogP contribution in [0.2, 0.25) is 0 Å². The van der Waals surface area contributed by atoms with Crippen molar-refractivity contribution in [3.8, 4) is 0 Å². The number of fused-ring (bicyclic) bond motifs is 1. The number of nitrogen functional groups attached to an aromatic ring is 1. The molecule has 0 saturated carbocycles. The van der Waals surface area contributed by atoms with E-state index in [0.29, 0.717) is 5.56 Å². The molecule has 1 aromatic carbocycles. The van der Waals surface area contributed by atoms with Crippen LogP contribution >= 0.6 is 11.8 Å². The smallest absolute Gasteiger partial charge is 0.125 e. The highest BCUT2D eigenvalue weighted by Crippen LogP contribution is 2.34. The van der Waals surface area contributed by atoms with Gasteiger partial charge in [-0.25, -0.2) is 0 Å². The molecule has 2 atom stereocenters. The van der Waals surface area contributed by atoms with E-state index in [4.69, 9.17) is 11.1 Å². The van der Waals surface area contributed by atoms with Gasteiger partial charge in [-0.1, -0.05) is 25.1 Å². The Morgan fingerprint density at radius 3 is 2.68 bits per heavy atom. The molecule has 0 amide bonds. The molecule has 0 aliphatic rings. The van der Waals surface area contributed by atoms with Crippen molar-refractivity contribution < 1.29 is 5.11 Å². The van der Waals surface area contributed by atoms with Crippen molar-refractivity contribution in [2.45, 2.75) is 30.1 Å². The molecular weight excluding hydrogens is 258 g/mol. The maximum Gasteiger partial charge on any atom is 0.125 e.